The minimum atomic E-state index is -3.79. The second-order valence-corrected chi connectivity index (χ2v) is 8.37. The average molecular weight is 408 g/mol. The lowest BCUT2D eigenvalue weighted by Crippen LogP contribution is -2.28. The number of sulfonamides is 1. The van der Waals surface area contributed by atoms with E-state index < -0.39 is 15.9 Å². The number of nitrogens with one attached hydrogen (secondary N) is 1. The van der Waals surface area contributed by atoms with Crippen LogP contribution in [0, 0.1) is 12.8 Å². The summed E-state index contributed by atoms with van der Waals surface area (Å²) in [6, 6.07) is 10.9. The van der Waals surface area contributed by atoms with Crippen LogP contribution in [0.3, 0.4) is 0 Å². The van der Waals surface area contributed by atoms with Gasteiger partial charge in [0.05, 0.1) is 10.8 Å². The van der Waals surface area contributed by atoms with Gasteiger partial charge in [-0.2, -0.15) is 0 Å². The number of hydrogen-bond donors (Lipinski definition) is 2. The van der Waals surface area contributed by atoms with Crippen LogP contribution in [0.4, 0.5) is 11.4 Å². The van der Waals surface area contributed by atoms with Crippen molar-refractivity contribution in [1.29, 1.82) is 0 Å². The maximum absolute atomic E-state index is 12.5. The Morgan fingerprint density at radius 2 is 1.89 bits per heavy atom. The fourth-order valence-corrected chi connectivity index (χ4v) is 3.54. The summed E-state index contributed by atoms with van der Waals surface area (Å²) in [7, 11) is -3.79. The van der Waals surface area contributed by atoms with E-state index in [0.717, 1.165) is 5.56 Å². The van der Waals surface area contributed by atoms with E-state index in [1.165, 1.54) is 24.3 Å². The number of anilines is 2. The number of carbonyl (C=O) groups is 2. The number of benzene rings is 2. The van der Waals surface area contributed by atoms with Gasteiger partial charge in [-0.15, -0.1) is 0 Å². The third-order valence-electron chi connectivity index (χ3n) is 4.41. The van der Waals surface area contributed by atoms with Gasteiger partial charge < -0.3 is 10.2 Å². The molecule has 7 nitrogen and oxygen atoms in total. The number of hydrogen-bond acceptors (Lipinski definition) is 4. The number of carbonyl (C=O) groups excluding carboxylic acids is 2. The molecule has 3 N–H and O–H groups in total. The third kappa shape index (κ3) is 4.29. The summed E-state index contributed by atoms with van der Waals surface area (Å²) in [5, 5.41) is 8.30. The smallest absolute Gasteiger partial charge is 0.238 e. The summed E-state index contributed by atoms with van der Waals surface area (Å²) in [6.07, 6.45) is 0.0899. The van der Waals surface area contributed by atoms with Crippen molar-refractivity contribution in [2.24, 2.45) is 11.1 Å². The number of nitrogens with zero attached hydrogens (tertiary/aromatic N) is 1. The van der Waals surface area contributed by atoms with Crippen LogP contribution in [0.1, 0.15) is 12.0 Å². The summed E-state index contributed by atoms with van der Waals surface area (Å²) in [6.45, 7) is 2.12. The Labute approximate surface area is 162 Å². The van der Waals surface area contributed by atoms with Crippen LogP contribution in [0.25, 0.3) is 0 Å². The normalized spacial score (nSPS) is 17.2. The van der Waals surface area contributed by atoms with Gasteiger partial charge in [0.15, 0.2) is 0 Å². The van der Waals surface area contributed by atoms with Crippen molar-refractivity contribution < 1.29 is 18.0 Å². The zero-order chi connectivity index (χ0) is 19.8. The van der Waals surface area contributed by atoms with Crippen molar-refractivity contribution in [1.82, 2.24) is 0 Å². The standard InChI is InChI=1S/C18H18ClN3O4S/c1-11-2-5-14(9-16(11)19)22-10-12(8-17(22)23)18(24)21-13-3-6-15(7-4-13)27(20,25)26/h2-7,9,12H,8,10H2,1H3,(H,21,24)(H2,20,25,26)/t12-/m1/s1. The third-order valence-corrected chi connectivity index (χ3v) is 5.75. The Balaban J connectivity index is 1.69. The molecule has 0 bridgehead atoms. The first kappa shape index (κ1) is 19.3. The summed E-state index contributed by atoms with van der Waals surface area (Å²) >= 11 is 6.12. The summed E-state index contributed by atoms with van der Waals surface area (Å²) in [5.41, 5.74) is 1.99. The van der Waals surface area contributed by atoms with Gasteiger partial charge in [0.25, 0.3) is 0 Å². The van der Waals surface area contributed by atoms with E-state index in [-0.39, 0.29) is 29.7 Å². The van der Waals surface area contributed by atoms with Crippen LogP contribution in [0.2, 0.25) is 5.02 Å². The van der Waals surface area contributed by atoms with Gasteiger partial charge in [-0.3, -0.25) is 9.59 Å². The van der Waals surface area contributed by atoms with Gasteiger partial charge >= 0.3 is 0 Å². The first-order valence-electron chi connectivity index (χ1n) is 8.15. The first-order chi connectivity index (χ1) is 12.6. The molecule has 0 spiro atoms. The van der Waals surface area contributed by atoms with Gasteiger partial charge in [0.1, 0.15) is 0 Å². The van der Waals surface area contributed by atoms with E-state index in [4.69, 9.17) is 16.7 Å². The second-order valence-electron chi connectivity index (χ2n) is 6.40. The molecule has 2 amide bonds. The molecular weight excluding hydrogens is 390 g/mol. The van der Waals surface area contributed by atoms with Crippen molar-refractivity contribution in [3.05, 3.63) is 53.1 Å². The summed E-state index contributed by atoms with van der Waals surface area (Å²) in [4.78, 5) is 26.3. The van der Waals surface area contributed by atoms with E-state index in [2.05, 4.69) is 5.32 Å². The molecule has 0 aromatic heterocycles. The molecule has 0 aliphatic carbocycles. The molecule has 1 aliphatic heterocycles. The molecule has 1 atom stereocenters. The predicted octanol–water partition coefficient (Wildman–Crippen LogP) is 2.29. The zero-order valence-corrected chi connectivity index (χ0v) is 16.0. The molecule has 0 saturated carbocycles. The second kappa shape index (κ2) is 7.30. The predicted molar refractivity (Wildman–Crippen MR) is 103 cm³/mol. The zero-order valence-electron chi connectivity index (χ0n) is 14.5. The van der Waals surface area contributed by atoms with Crippen LogP contribution >= 0.6 is 11.6 Å². The highest BCUT2D eigenvalue weighted by Gasteiger charge is 2.35. The summed E-state index contributed by atoms with van der Waals surface area (Å²) in [5.74, 6) is -0.984. The Bertz CT molecular complexity index is 1010. The number of primary sulfonamides is 1. The van der Waals surface area contributed by atoms with Crippen LogP contribution in [-0.2, 0) is 19.6 Å². The van der Waals surface area contributed by atoms with Gasteiger partial charge in [-0.05, 0) is 48.9 Å². The minimum absolute atomic E-state index is 0.0426. The Hall–Kier alpha value is -2.42. The molecule has 1 aliphatic rings. The highest BCUT2D eigenvalue weighted by atomic mass is 35.5. The summed E-state index contributed by atoms with van der Waals surface area (Å²) < 4.78 is 22.5. The molecule has 2 aromatic rings. The Morgan fingerprint density at radius 1 is 1.22 bits per heavy atom. The van der Waals surface area contributed by atoms with Crippen LogP contribution in [-0.4, -0.2) is 26.8 Å². The number of amides is 2. The largest absolute Gasteiger partial charge is 0.326 e. The Morgan fingerprint density at radius 3 is 2.48 bits per heavy atom. The van der Waals surface area contributed by atoms with Crippen molar-refractivity contribution in [2.45, 2.75) is 18.2 Å². The highest BCUT2D eigenvalue weighted by Crippen LogP contribution is 2.29. The number of rotatable bonds is 4. The van der Waals surface area contributed by atoms with E-state index in [1.807, 2.05) is 13.0 Å². The average Bonchev–Trinajstić information content (AvgIpc) is 2.99. The molecule has 0 unspecified atom stereocenters. The molecule has 1 saturated heterocycles. The van der Waals surface area contributed by atoms with E-state index in [1.54, 1.807) is 17.0 Å². The molecule has 3 rings (SSSR count). The fraction of sp³-hybridized carbons (Fsp3) is 0.222. The molecule has 9 heteroatoms. The molecule has 1 fully saturated rings. The van der Waals surface area contributed by atoms with Crippen molar-refractivity contribution in [3.8, 4) is 0 Å². The van der Waals surface area contributed by atoms with Crippen molar-refractivity contribution in [3.63, 3.8) is 0 Å². The van der Waals surface area contributed by atoms with E-state index in [0.29, 0.717) is 16.4 Å². The molecule has 0 radical (unpaired) electrons. The maximum atomic E-state index is 12.5. The lowest BCUT2D eigenvalue weighted by Gasteiger charge is -2.17. The van der Waals surface area contributed by atoms with Crippen LogP contribution in [0.15, 0.2) is 47.4 Å². The van der Waals surface area contributed by atoms with Crippen LogP contribution in [0.5, 0.6) is 0 Å². The van der Waals surface area contributed by atoms with Gasteiger partial charge in [0, 0.05) is 29.4 Å². The first-order valence-corrected chi connectivity index (χ1v) is 10.1. The molecule has 2 aromatic carbocycles. The van der Waals surface area contributed by atoms with Crippen molar-refractivity contribution in [2.75, 3.05) is 16.8 Å². The fourth-order valence-electron chi connectivity index (χ4n) is 2.85. The number of aryl methyl sites for hydroxylation is 1. The monoisotopic (exact) mass is 407 g/mol. The van der Waals surface area contributed by atoms with E-state index >= 15 is 0 Å². The van der Waals surface area contributed by atoms with Gasteiger partial charge in [-0.1, -0.05) is 17.7 Å². The lowest BCUT2D eigenvalue weighted by atomic mass is 10.1. The number of halogens is 1. The molecule has 27 heavy (non-hydrogen) atoms. The van der Waals surface area contributed by atoms with Gasteiger partial charge in [-0.25, -0.2) is 13.6 Å². The molecular formula is C18H18ClN3O4S. The van der Waals surface area contributed by atoms with Crippen molar-refractivity contribution >= 4 is 44.8 Å². The minimum Gasteiger partial charge on any atom is -0.326 e. The highest BCUT2D eigenvalue weighted by molar-refractivity contribution is 7.89. The van der Waals surface area contributed by atoms with E-state index in [9.17, 15) is 18.0 Å². The number of nitrogens with two attached hydrogens (primary N) is 1. The molecule has 1 heterocycles. The van der Waals surface area contributed by atoms with Crippen LogP contribution < -0.4 is 15.4 Å². The Kier molecular flexibility index (Phi) is 5.23. The maximum Gasteiger partial charge on any atom is 0.238 e. The lowest BCUT2D eigenvalue weighted by molar-refractivity contribution is -0.122. The van der Waals surface area contributed by atoms with Gasteiger partial charge in [0.2, 0.25) is 21.8 Å². The SMILES string of the molecule is Cc1ccc(N2C[C@H](C(=O)Nc3ccc(S(N)(=O)=O)cc3)CC2=O)cc1Cl. The molecule has 142 valence electrons. The topological polar surface area (TPSA) is 110 Å². The quantitative estimate of drug-likeness (QED) is 0.810.